The van der Waals surface area contributed by atoms with Crippen molar-refractivity contribution in [1.82, 2.24) is 5.32 Å². The van der Waals surface area contributed by atoms with Crippen molar-refractivity contribution < 1.29 is 14.0 Å². The van der Waals surface area contributed by atoms with Gasteiger partial charge < -0.3 is 16.0 Å². The Labute approximate surface area is 173 Å². The predicted molar refractivity (Wildman–Crippen MR) is 114 cm³/mol. The summed E-state index contributed by atoms with van der Waals surface area (Å²) in [5.74, 6) is -1.09. The molecule has 0 aromatic heterocycles. The third-order valence-electron chi connectivity index (χ3n) is 3.82. The minimum absolute atomic E-state index is 0.0757. The van der Waals surface area contributed by atoms with Crippen LogP contribution in [0, 0.1) is 5.82 Å². The van der Waals surface area contributed by atoms with E-state index in [2.05, 4.69) is 22.9 Å². The monoisotopic (exact) mass is 421 g/mol. The molecule has 8 heteroatoms. The van der Waals surface area contributed by atoms with Crippen molar-refractivity contribution in [3.8, 4) is 0 Å². The summed E-state index contributed by atoms with van der Waals surface area (Å²) < 4.78 is 13.2. The van der Waals surface area contributed by atoms with Crippen molar-refractivity contribution in [1.29, 1.82) is 0 Å². The van der Waals surface area contributed by atoms with Gasteiger partial charge in [-0.2, -0.15) is 0 Å². The standard InChI is InChI=1S/C20H21ClFN3O2S/c1-2-3-4-8-18(26)25-20(28)24-14-7-5-6-13(11-14)19(27)23-15-9-10-17(22)16(21)12-15/h5-7,9-12H,2-4,8H2,1H3,(H,23,27)(H2,24,25,26,28). The van der Waals surface area contributed by atoms with E-state index in [1.807, 2.05) is 0 Å². The van der Waals surface area contributed by atoms with E-state index in [0.717, 1.165) is 19.3 Å². The summed E-state index contributed by atoms with van der Waals surface area (Å²) in [7, 11) is 0. The Bertz CT molecular complexity index is 876. The molecule has 0 fully saturated rings. The number of unbranched alkanes of at least 4 members (excludes halogenated alkanes) is 2. The number of thiocarbonyl (C=S) groups is 1. The number of anilines is 2. The maximum absolute atomic E-state index is 13.2. The van der Waals surface area contributed by atoms with E-state index >= 15 is 0 Å². The summed E-state index contributed by atoms with van der Waals surface area (Å²) in [6.45, 7) is 2.07. The normalized spacial score (nSPS) is 10.2. The third kappa shape index (κ3) is 6.90. The largest absolute Gasteiger partial charge is 0.332 e. The van der Waals surface area contributed by atoms with E-state index in [1.165, 1.54) is 18.2 Å². The molecule has 0 heterocycles. The van der Waals surface area contributed by atoms with E-state index < -0.39 is 5.82 Å². The maximum Gasteiger partial charge on any atom is 0.255 e. The van der Waals surface area contributed by atoms with E-state index in [9.17, 15) is 14.0 Å². The first-order chi connectivity index (χ1) is 13.4. The fraction of sp³-hybridized carbons (Fsp3) is 0.250. The van der Waals surface area contributed by atoms with E-state index in [0.29, 0.717) is 23.4 Å². The molecule has 0 bridgehead atoms. The molecule has 0 aliphatic rings. The molecule has 0 aliphatic carbocycles. The number of hydrogen-bond donors (Lipinski definition) is 3. The van der Waals surface area contributed by atoms with Crippen LogP contribution < -0.4 is 16.0 Å². The van der Waals surface area contributed by atoms with Crippen LogP contribution in [0.5, 0.6) is 0 Å². The lowest BCUT2D eigenvalue weighted by Crippen LogP contribution is -2.33. The lowest BCUT2D eigenvalue weighted by atomic mass is 10.2. The molecule has 2 rings (SSSR count). The van der Waals surface area contributed by atoms with Crippen LogP contribution in [0.4, 0.5) is 15.8 Å². The molecule has 2 aromatic rings. The zero-order chi connectivity index (χ0) is 20.5. The lowest BCUT2D eigenvalue weighted by molar-refractivity contribution is -0.119. The van der Waals surface area contributed by atoms with Gasteiger partial charge in [0.25, 0.3) is 5.91 Å². The number of carbonyl (C=O) groups is 2. The van der Waals surface area contributed by atoms with Gasteiger partial charge in [-0.05, 0) is 55.0 Å². The Kier molecular flexibility index (Phi) is 8.35. The molecule has 148 valence electrons. The van der Waals surface area contributed by atoms with Crippen LogP contribution in [0.3, 0.4) is 0 Å². The highest BCUT2D eigenvalue weighted by atomic mass is 35.5. The number of carbonyl (C=O) groups excluding carboxylic acids is 2. The molecular weight excluding hydrogens is 401 g/mol. The van der Waals surface area contributed by atoms with Gasteiger partial charge in [-0.3, -0.25) is 9.59 Å². The fourth-order valence-corrected chi connectivity index (χ4v) is 2.81. The molecule has 0 spiro atoms. The van der Waals surface area contributed by atoms with Crippen molar-refractivity contribution in [3.05, 3.63) is 58.9 Å². The Balaban J connectivity index is 1.95. The molecule has 0 atom stereocenters. The Morgan fingerprint density at radius 3 is 2.54 bits per heavy atom. The molecule has 0 radical (unpaired) electrons. The van der Waals surface area contributed by atoms with Gasteiger partial charge in [0.15, 0.2) is 5.11 Å². The zero-order valence-corrected chi connectivity index (χ0v) is 16.9. The van der Waals surface area contributed by atoms with Gasteiger partial charge >= 0.3 is 0 Å². The first-order valence-corrected chi connectivity index (χ1v) is 9.65. The van der Waals surface area contributed by atoms with Crippen LogP contribution in [-0.4, -0.2) is 16.9 Å². The van der Waals surface area contributed by atoms with Gasteiger partial charge in [0, 0.05) is 23.4 Å². The molecule has 0 aliphatic heterocycles. The zero-order valence-electron chi connectivity index (χ0n) is 15.4. The number of amides is 2. The van der Waals surface area contributed by atoms with E-state index in [-0.39, 0.29) is 21.9 Å². The minimum atomic E-state index is -0.559. The summed E-state index contributed by atoms with van der Waals surface area (Å²) in [5.41, 5.74) is 1.30. The first-order valence-electron chi connectivity index (χ1n) is 8.86. The SMILES string of the molecule is CCCCCC(=O)NC(=S)Nc1cccc(C(=O)Nc2ccc(F)c(Cl)c2)c1. The molecule has 0 saturated carbocycles. The summed E-state index contributed by atoms with van der Waals surface area (Å²) in [6, 6.07) is 10.6. The minimum Gasteiger partial charge on any atom is -0.332 e. The van der Waals surface area contributed by atoms with Gasteiger partial charge in [0.1, 0.15) is 5.82 Å². The molecule has 5 nitrogen and oxygen atoms in total. The number of nitrogens with one attached hydrogen (secondary N) is 3. The predicted octanol–water partition coefficient (Wildman–Crippen LogP) is 5.12. The second-order valence-corrected chi connectivity index (χ2v) is 6.94. The number of benzene rings is 2. The van der Waals surface area contributed by atoms with Crippen LogP contribution >= 0.6 is 23.8 Å². The quantitative estimate of drug-likeness (QED) is 0.428. The first kappa shape index (κ1) is 21.8. The molecule has 3 N–H and O–H groups in total. The summed E-state index contributed by atoms with van der Waals surface area (Å²) in [6.07, 6.45) is 3.26. The average Bonchev–Trinajstić information content (AvgIpc) is 2.65. The van der Waals surface area contributed by atoms with E-state index in [4.69, 9.17) is 23.8 Å². The van der Waals surface area contributed by atoms with Crippen molar-refractivity contribution in [2.75, 3.05) is 10.6 Å². The molecular formula is C20H21ClFN3O2S. The van der Waals surface area contributed by atoms with Gasteiger partial charge in [0.2, 0.25) is 5.91 Å². The fourth-order valence-electron chi connectivity index (χ4n) is 2.40. The molecule has 2 aromatic carbocycles. The Morgan fingerprint density at radius 2 is 1.82 bits per heavy atom. The third-order valence-corrected chi connectivity index (χ3v) is 4.31. The van der Waals surface area contributed by atoms with Crippen molar-refractivity contribution in [2.24, 2.45) is 0 Å². The summed E-state index contributed by atoms with van der Waals surface area (Å²) in [5, 5.41) is 8.25. The highest BCUT2D eigenvalue weighted by molar-refractivity contribution is 7.80. The Morgan fingerprint density at radius 1 is 1.07 bits per heavy atom. The van der Waals surface area contributed by atoms with Crippen LogP contribution in [0.15, 0.2) is 42.5 Å². The van der Waals surface area contributed by atoms with Gasteiger partial charge in [-0.15, -0.1) is 0 Å². The number of rotatable bonds is 7. The second-order valence-electron chi connectivity index (χ2n) is 6.12. The number of hydrogen-bond acceptors (Lipinski definition) is 3. The molecule has 0 saturated heterocycles. The summed E-state index contributed by atoms with van der Waals surface area (Å²) in [4.78, 5) is 24.2. The van der Waals surface area contributed by atoms with Crippen LogP contribution in [0.2, 0.25) is 5.02 Å². The topological polar surface area (TPSA) is 70.2 Å². The van der Waals surface area contributed by atoms with E-state index in [1.54, 1.807) is 24.3 Å². The van der Waals surface area contributed by atoms with Crippen LogP contribution in [0.25, 0.3) is 0 Å². The Hall–Kier alpha value is -2.51. The van der Waals surface area contributed by atoms with Gasteiger partial charge in [0.05, 0.1) is 5.02 Å². The molecule has 28 heavy (non-hydrogen) atoms. The smallest absolute Gasteiger partial charge is 0.255 e. The lowest BCUT2D eigenvalue weighted by Gasteiger charge is -2.11. The molecule has 0 unspecified atom stereocenters. The highest BCUT2D eigenvalue weighted by Gasteiger charge is 2.10. The van der Waals surface area contributed by atoms with Crippen molar-refractivity contribution in [2.45, 2.75) is 32.6 Å². The van der Waals surface area contributed by atoms with Crippen LogP contribution in [-0.2, 0) is 4.79 Å². The molecule has 2 amide bonds. The van der Waals surface area contributed by atoms with Crippen LogP contribution in [0.1, 0.15) is 43.0 Å². The second kappa shape index (κ2) is 10.7. The number of halogens is 2. The maximum atomic E-state index is 13.2. The summed E-state index contributed by atoms with van der Waals surface area (Å²) >= 11 is 10.9. The average molecular weight is 422 g/mol. The van der Waals surface area contributed by atoms with Gasteiger partial charge in [-0.25, -0.2) is 4.39 Å². The van der Waals surface area contributed by atoms with Crippen molar-refractivity contribution >= 4 is 52.1 Å². The van der Waals surface area contributed by atoms with Crippen molar-refractivity contribution in [3.63, 3.8) is 0 Å². The highest BCUT2D eigenvalue weighted by Crippen LogP contribution is 2.20. The van der Waals surface area contributed by atoms with Gasteiger partial charge in [-0.1, -0.05) is 37.4 Å².